The SMILES string of the molecule is Cc1c(F)c(F)c(C)c2c1Oc1ccc(NC(=O)OCc3ccccc3)cc1O2. The number of ether oxygens (including phenoxy) is 3. The van der Waals surface area contributed by atoms with Crippen LogP contribution in [-0.2, 0) is 11.3 Å². The van der Waals surface area contributed by atoms with Gasteiger partial charge in [-0.2, -0.15) is 0 Å². The second-order valence-corrected chi connectivity index (χ2v) is 6.59. The molecule has 0 unspecified atom stereocenters. The largest absolute Gasteiger partial charge is 0.449 e. The molecule has 29 heavy (non-hydrogen) atoms. The van der Waals surface area contributed by atoms with Crippen molar-refractivity contribution in [2.45, 2.75) is 20.5 Å². The predicted molar refractivity (Wildman–Crippen MR) is 103 cm³/mol. The first-order valence-corrected chi connectivity index (χ1v) is 8.89. The van der Waals surface area contributed by atoms with Gasteiger partial charge in [-0.3, -0.25) is 5.32 Å². The van der Waals surface area contributed by atoms with Crippen LogP contribution in [0.3, 0.4) is 0 Å². The zero-order valence-electron chi connectivity index (χ0n) is 15.7. The summed E-state index contributed by atoms with van der Waals surface area (Å²) in [4.78, 5) is 12.0. The molecule has 0 spiro atoms. The lowest BCUT2D eigenvalue weighted by Crippen LogP contribution is -2.14. The lowest BCUT2D eigenvalue weighted by Gasteiger charge is -2.24. The minimum atomic E-state index is -0.980. The van der Waals surface area contributed by atoms with E-state index in [4.69, 9.17) is 14.2 Å². The van der Waals surface area contributed by atoms with Crippen molar-refractivity contribution in [2.24, 2.45) is 0 Å². The van der Waals surface area contributed by atoms with Crippen molar-refractivity contribution in [3.63, 3.8) is 0 Å². The lowest BCUT2D eigenvalue weighted by atomic mass is 10.1. The van der Waals surface area contributed by atoms with Gasteiger partial charge >= 0.3 is 6.09 Å². The van der Waals surface area contributed by atoms with Gasteiger partial charge in [0.25, 0.3) is 0 Å². The van der Waals surface area contributed by atoms with Crippen molar-refractivity contribution in [1.29, 1.82) is 0 Å². The molecule has 1 N–H and O–H groups in total. The molecule has 0 fully saturated rings. The number of carbonyl (C=O) groups excluding carboxylic acids is 1. The molecule has 0 aliphatic carbocycles. The van der Waals surface area contributed by atoms with E-state index >= 15 is 0 Å². The number of anilines is 1. The summed E-state index contributed by atoms with van der Waals surface area (Å²) in [5, 5.41) is 2.60. The molecule has 0 bridgehead atoms. The highest BCUT2D eigenvalue weighted by atomic mass is 19.2. The van der Waals surface area contributed by atoms with Crippen LogP contribution in [0, 0.1) is 25.5 Å². The fourth-order valence-corrected chi connectivity index (χ4v) is 2.96. The Kier molecular flexibility index (Phi) is 4.80. The number of halogens is 2. The first-order valence-electron chi connectivity index (χ1n) is 8.89. The molecule has 0 radical (unpaired) electrons. The monoisotopic (exact) mass is 397 g/mol. The summed E-state index contributed by atoms with van der Waals surface area (Å²) in [6.07, 6.45) is -0.633. The Balaban J connectivity index is 1.50. The molecule has 3 aromatic carbocycles. The van der Waals surface area contributed by atoms with E-state index in [0.717, 1.165) is 5.56 Å². The first kappa shape index (κ1) is 18.7. The Morgan fingerprint density at radius 2 is 1.55 bits per heavy atom. The average Bonchev–Trinajstić information content (AvgIpc) is 2.74. The van der Waals surface area contributed by atoms with Crippen LogP contribution in [0.15, 0.2) is 48.5 Å². The van der Waals surface area contributed by atoms with Crippen LogP contribution in [0.4, 0.5) is 19.3 Å². The molecule has 0 saturated heterocycles. The smallest absolute Gasteiger partial charge is 0.411 e. The van der Waals surface area contributed by atoms with E-state index in [-0.39, 0.29) is 35.0 Å². The summed E-state index contributed by atoms with van der Waals surface area (Å²) >= 11 is 0. The highest BCUT2D eigenvalue weighted by molar-refractivity contribution is 5.85. The number of nitrogens with one attached hydrogen (secondary N) is 1. The average molecular weight is 397 g/mol. The maximum absolute atomic E-state index is 14.0. The number of hydrogen-bond acceptors (Lipinski definition) is 4. The molecule has 1 aliphatic rings. The van der Waals surface area contributed by atoms with Crippen LogP contribution < -0.4 is 14.8 Å². The van der Waals surface area contributed by atoms with Gasteiger partial charge in [0, 0.05) is 22.9 Å². The summed E-state index contributed by atoms with van der Waals surface area (Å²) in [6, 6.07) is 14.0. The quantitative estimate of drug-likeness (QED) is 0.445. The van der Waals surface area contributed by atoms with Crippen molar-refractivity contribution < 1.29 is 27.8 Å². The topological polar surface area (TPSA) is 56.8 Å². The van der Waals surface area contributed by atoms with Crippen molar-refractivity contribution in [3.05, 3.63) is 76.9 Å². The summed E-state index contributed by atoms with van der Waals surface area (Å²) in [5.41, 5.74) is 1.31. The summed E-state index contributed by atoms with van der Waals surface area (Å²) < 4.78 is 44.7. The number of carbonyl (C=O) groups is 1. The normalized spacial score (nSPS) is 11.6. The molecule has 0 atom stereocenters. The van der Waals surface area contributed by atoms with Crippen LogP contribution in [0.25, 0.3) is 0 Å². The third-order valence-electron chi connectivity index (χ3n) is 4.57. The number of fused-ring (bicyclic) bond motifs is 2. The zero-order chi connectivity index (χ0) is 20.5. The van der Waals surface area contributed by atoms with Crippen LogP contribution in [0.5, 0.6) is 23.0 Å². The second kappa shape index (κ2) is 7.43. The molecule has 148 valence electrons. The van der Waals surface area contributed by atoms with Crippen molar-refractivity contribution in [1.82, 2.24) is 0 Å². The van der Waals surface area contributed by atoms with Gasteiger partial charge in [0.05, 0.1) is 0 Å². The summed E-state index contributed by atoms with van der Waals surface area (Å²) in [5.74, 6) is -1.10. The Labute approximate surface area is 165 Å². The summed E-state index contributed by atoms with van der Waals surface area (Å²) in [6.45, 7) is 2.96. The third-order valence-corrected chi connectivity index (χ3v) is 4.57. The standard InChI is InChI=1S/C22H17F2NO4/c1-12-18(23)19(24)13(2)21-20(12)28-16-9-8-15(10-17(16)29-21)25-22(26)27-11-14-6-4-3-5-7-14/h3-10H,11H2,1-2H3,(H,25,26). The van der Waals surface area contributed by atoms with Gasteiger partial charge in [0.1, 0.15) is 6.61 Å². The second-order valence-electron chi connectivity index (χ2n) is 6.59. The Morgan fingerprint density at radius 1 is 0.931 bits per heavy atom. The minimum absolute atomic E-state index is 0.00869. The van der Waals surface area contributed by atoms with Crippen LogP contribution in [0.2, 0.25) is 0 Å². The van der Waals surface area contributed by atoms with Crippen molar-refractivity contribution in [2.75, 3.05) is 5.32 Å². The molecule has 3 aromatic rings. The first-order chi connectivity index (χ1) is 13.9. The van der Waals surface area contributed by atoms with Crippen LogP contribution >= 0.6 is 0 Å². The minimum Gasteiger partial charge on any atom is -0.449 e. The van der Waals surface area contributed by atoms with Gasteiger partial charge in [-0.05, 0) is 31.5 Å². The van der Waals surface area contributed by atoms with Crippen molar-refractivity contribution in [3.8, 4) is 23.0 Å². The maximum Gasteiger partial charge on any atom is 0.411 e. The molecule has 0 aromatic heterocycles. The Bertz CT molecular complexity index is 1100. The van der Waals surface area contributed by atoms with E-state index in [1.807, 2.05) is 30.3 Å². The van der Waals surface area contributed by atoms with Gasteiger partial charge in [-0.15, -0.1) is 0 Å². The van der Waals surface area contributed by atoms with Gasteiger partial charge in [0.2, 0.25) is 0 Å². The number of amides is 1. The zero-order valence-corrected chi connectivity index (χ0v) is 15.7. The Hall–Kier alpha value is -3.61. The van der Waals surface area contributed by atoms with E-state index in [9.17, 15) is 13.6 Å². The molecule has 5 nitrogen and oxygen atoms in total. The van der Waals surface area contributed by atoms with E-state index in [2.05, 4.69) is 5.32 Å². The van der Waals surface area contributed by atoms with E-state index in [0.29, 0.717) is 11.4 Å². The van der Waals surface area contributed by atoms with E-state index < -0.39 is 17.7 Å². The molecular formula is C22H17F2NO4. The third kappa shape index (κ3) is 3.59. The highest BCUT2D eigenvalue weighted by Crippen LogP contribution is 2.50. The number of benzene rings is 3. The summed E-state index contributed by atoms with van der Waals surface area (Å²) in [7, 11) is 0. The van der Waals surface area contributed by atoms with Gasteiger partial charge < -0.3 is 14.2 Å². The molecule has 0 saturated carbocycles. The lowest BCUT2D eigenvalue weighted by molar-refractivity contribution is 0.155. The molecular weight excluding hydrogens is 380 g/mol. The molecule has 1 aliphatic heterocycles. The van der Waals surface area contributed by atoms with Crippen LogP contribution in [-0.4, -0.2) is 6.09 Å². The molecule has 1 heterocycles. The fourth-order valence-electron chi connectivity index (χ4n) is 2.96. The van der Waals surface area contributed by atoms with Gasteiger partial charge in [0.15, 0.2) is 34.6 Å². The van der Waals surface area contributed by atoms with Gasteiger partial charge in [-0.25, -0.2) is 13.6 Å². The van der Waals surface area contributed by atoms with Crippen molar-refractivity contribution >= 4 is 11.8 Å². The fraction of sp³-hybridized carbons (Fsp3) is 0.136. The highest BCUT2D eigenvalue weighted by Gasteiger charge is 2.28. The predicted octanol–water partition coefficient (Wildman–Crippen LogP) is 6.23. The molecule has 1 amide bonds. The maximum atomic E-state index is 14.0. The van der Waals surface area contributed by atoms with Gasteiger partial charge in [-0.1, -0.05) is 30.3 Å². The number of rotatable bonds is 3. The molecule has 4 rings (SSSR count). The number of hydrogen-bond donors (Lipinski definition) is 1. The van der Waals surface area contributed by atoms with Crippen LogP contribution in [0.1, 0.15) is 16.7 Å². The van der Waals surface area contributed by atoms with E-state index in [1.54, 1.807) is 12.1 Å². The van der Waals surface area contributed by atoms with E-state index in [1.165, 1.54) is 19.9 Å². The molecule has 7 heteroatoms. The Morgan fingerprint density at radius 3 is 2.21 bits per heavy atom.